The van der Waals surface area contributed by atoms with Gasteiger partial charge in [0.2, 0.25) is 0 Å². The van der Waals surface area contributed by atoms with Gasteiger partial charge in [-0.2, -0.15) is 0 Å². The molecule has 0 N–H and O–H groups in total. The van der Waals surface area contributed by atoms with E-state index in [1.165, 1.54) is 13.8 Å². The highest BCUT2D eigenvalue weighted by Gasteiger charge is 2.76. The summed E-state index contributed by atoms with van der Waals surface area (Å²) in [5.74, 6) is -3.88. The fourth-order valence-corrected chi connectivity index (χ4v) is 8.69. The number of Topliss-reactive ketones (excluding diaryl/α,β-unsaturated/α-hetero) is 2. The Morgan fingerprint density at radius 2 is 1.64 bits per heavy atom. The predicted octanol–water partition coefficient (Wildman–Crippen LogP) is 3.60. The second kappa shape index (κ2) is 7.75. The summed E-state index contributed by atoms with van der Waals surface area (Å²) in [6, 6.07) is 0. The van der Waals surface area contributed by atoms with Crippen molar-refractivity contribution in [3.05, 3.63) is 12.2 Å². The lowest BCUT2D eigenvalue weighted by atomic mass is 9.35. The largest absolute Gasteiger partial charge is 0.466 e. The molecule has 8 heteroatoms. The Balaban J connectivity index is 1.94. The van der Waals surface area contributed by atoms with Crippen LogP contribution in [0.15, 0.2) is 12.2 Å². The molecule has 1 saturated heterocycles. The first kappa shape index (κ1) is 26.6. The lowest BCUT2D eigenvalue weighted by molar-refractivity contribution is -0.249. The zero-order chi connectivity index (χ0) is 27.2. The molecule has 3 aliphatic carbocycles. The van der Waals surface area contributed by atoms with E-state index in [-0.39, 0.29) is 23.0 Å². The fraction of sp³-hybridized carbons (Fsp3) is 0.750. The van der Waals surface area contributed by atoms with Crippen molar-refractivity contribution >= 4 is 29.5 Å². The van der Waals surface area contributed by atoms with Gasteiger partial charge in [0.05, 0.1) is 18.4 Å². The number of carbonyl (C=O) groups is 5. The molecule has 198 valence electrons. The highest BCUT2D eigenvalue weighted by molar-refractivity contribution is 6.15. The molecule has 4 rings (SSSR count). The fourth-order valence-electron chi connectivity index (χ4n) is 8.69. The summed E-state index contributed by atoms with van der Waals surface area (Å²) in [5, 5.41) is 0. The lowest BCUT2D eigenvalue weighted by Gasteiger charge is -2.69. The number of methoxy groups -OCH3 is 1. The van der Waals surface area contributed by atoms with Crippen LogP contribution in [-0.2, 0) is 38.2 Å². The standard InChI is InChI=1S/C28H38O8/c1-14-12-17-25(5)11-10-18(30)24(3,4)16(25)13-19(35-15(2)29)27(17,7)20-21(31)36-28(8,23(33)34-9)22(32)26(14,20)6/h16-17,19-20H,1,10-13H2,2-9H3/t16-,17+,19-,20+,25-,26-,27-,28-/m1/s1. The van der Waals surface area contributed by atoms with E-state index in [1.807, 2.05) is 20.8 Å². The Kier molecular flexibility index (Phi) is 5.71. The van der Waals surface area contributed by atoms with E-state index in [0.717, 1.165) is 7.11 Å². The minimum Gasteiger partial charge on any atom is -0.466 e. The topological polar surface area (TPSA) is 113 Å². The molecule has 4 aliphatic rings. The van der Waals surface area contributed by atoms with Crippen molar-refractivity contribution in [1.29, 1.82) is 0 Å². The van der Waals surface area contributed by atoms with Gasteiger partial charge in [-0.3, -0.25) is 19.2 Å². The second-order valence-electron chi connectivity index (χ2n) is 12.7. The Morgan fingerprint density at radius 1 is 1.03 bits per heavy atom. The summed E-state index contributed by atoms with van der Waals surface area (Å²) in [7, 11) is 1.14. The van der Waals surface area contributed by atoms with Gasteiger partial charge in [0.15, 0.2) is 5.78 Å². The molecule has 0 bridgehead atoms. The molecule has 8 nitrogen and oxygen atoms in total. The van der Waals surface area contributed by atoms with Crippen LogP contribution in [0.4, 0.5) is 0 Å². The molecular formula is C28H38O8. The molecule has 0 unspecified atom stereocenters. The summed E-state index contributed by atoms with van der Waals surface area (Å²) in [5.41, 5.74) is -4.98. The molecule has 8 atom stereocenters. The molecule has 36 heavy (non-hydrogen) atoms. The number of ketones is 2. The Hall–Kier alpha value is -2.51. The van der Waals surface area contributed by atoms with Gasteiger partial charge in [0.1, 0.15) is 11.9 Å². The zero-order valence-electron chi connectivity index (χ0n) is 22.6. The van der Waals surface area contributed by atoms with Gasteiger partial charge in [0.25, 0.3) is 5.60 Å². The van der Waals surface area contributed by atoms with Crippen LogP contribution in [-0.4, -0.2) is 48.3 Å². The molecule has 1 heterocycles. The van der Waals surface area contributed by atoms with E-state index in [9.17, 15) is 24.0 Å². The Morgan fingerprint density at radius 3 is 2.19 bits per heavy atom. The lowest BCUT2D eigenvalue weighted by Crippen LogP contribution is -2.74. The van der Waals surface area contributed by atoms with E-state index in [4.69, 9.17) is 14.2 Å². The zero-order valence-corrected chi connectivity index (χ0v) is 22.6. The van der Waals surface area contributed by atoms with Gasteiger partial charge in [-0.05, 0) is 50.4 Å². The van der Waals surface area contributed by atoms with E-state index in [1.54, 1.807) is 6.92 Å². The maximum Gasteiger partial charge on any atom is 0.358 e. The third-order valence-corrected chi connectivity index (χ3v) is 10.7. The highest BCUT2D eigenvalue weighted by atomic mass is 16.6. The number of cyclic esters (lactones) is 1. The monoisotopic (exact) mass is 502 g/mol. The van der Waals surface area contributed by atoms with Crippen LogP contribution in [0.25, 0.3) is 0 Å². The average Bonchev–Trinajstić information content (AvgIpc) is 2.78. The molecule has 0 radical (unpaired) electrons. The number of carbonyl (C=O) groups excluding carboxylic acids is 5. The maximum atomic E-state index is 14.0. The van der Waals surface area contributed by atoms with Crippen LogP contribution in [0.3, 0.4) is 0 Å². The van der Waals surface area contributed by atoms with Crippen molar-refractivity contribution in [3.8, 4) is 0 Å². The smallest absolute Gasteiger partial charge is 0.358 e. The van der Waals surface area contributed by atoms with Crippen molar-refractivity contribution in [2.75, 3.05) is 7.11 Å². The van der Waals surface area contributed by atoms with Crippen molar-refractivity contribution in [2.45, 2.75) is 85.9 Å². The molecule has 4 fully saturated rings. The van der Waals surface area contributed by atoms with Gasteiger partial charge in [-0.1, -0.05) is 39.8 Å². The Bertz CT molecular complexity index is 1090. The number of fused-ring (bicyclic) bond motifs is 5. The van der Waals surface area contributed by atoms with Crippen molar-refractivity contribution in [3.63, 3.8) is 0 Å². The molecule has 0 aromatic carbocycles. The molecule has 0 spiro atoms. The molecule has 3 saturated carbocycles. The first-order valence-electron chi connectivity index (χ1n) is 12.7. The summed E-state index contributed by atoms with van der Waals surface area (Å²) < 4.78 is 16.4. The first-order chi connectivity index (χ1) is 16.4. The van der Waals surface area contributed by atoms with E-state index < -0.39 is 57.6 Å². The van der Waals surface area contributed by atoms with Crippen LogP contribution in [0, 0.1) is 39.4 Å². The summed E-state index contributed by atoms with van der Waals surface area (Å²) in [6.45, 7) is 16.5. The van der Waals surface area contributed by atoms with Crippen molar-refractivity contribution < 1.29 is 38.2 Å². The highest BCUT2D eigenvalue weighted by Crippen LogP contribution is 2.72. The third kappa shape index (κ3) is 3.02. The van der Waals surface area contributed by atoms with E-state index in [2.05, 4.69) is 13.5 Å². The summed E-state index contributed by atoms with van der Waals surface area (Å²) >= 11 is 0. The second-order valence-corrected chi connectivity index (χ2v) is 12.7. The Labute approximate surface area is 212 Å². The van der Waals surface area contributed by atoms with Gasteiger partial charge in [-0.25, -0.2) is 4.79 Å². The van der Waals surface area contributed by atoms with Gasteiger partial charge >= 0.3 is 17.9 Å². The normalized spacial score (nSPS) is 45.6. The summed E-state index contributed by atoms with van der Waals surface area (Å²) in [4.78, 5) is 65.9. The van der Waals surface area contributed by atoms with Gasteiger partial charge in [-0.15, -0.1) is 0 Å². The van der Waals surface area contributed by atoms with Crippen LogP contribution in [0.1, 0.15) is 74.1 Å². The minimum atomic E-state index is -2.10. The van der Waals surface area contributed by atoms with Crippen LogP contribution >= 0.6 is 0 Å². The number of hydrogen-bond donors (Lipinski definition) is 0. The quantitative estimate of drug-likeness (QED) is 0.244. The average molecular weight is 503 g/mol. The maximum absolute atomic E-state index is 14.0. The van der Waals surface area contributed by atoms with Crippen LogP contribution < -0.4 is 0 Å². The predicted molar refractivity (Wildman–Crippen MR) is 128 cm³/mol. The van der Waals surface area contributed by atoms with Crippen molar-refractivity contribution in [2.24, 2.45) is 39.4 Å². The molecular weight excluding hydrogens is 464 g/mol. The van der Waals surface area contributed by atoms with E-state index in [0.29, 0.717) is 31.3 Å². The van der Waals surface area contributed by atoms with Crippen LogP contribution in [0.2, 0.25) is 0 Å². The molecule has 1 aliphatic heterocycles. The molecule has 0 aromatic rings. The minimum absolute atomic E-state index is 0.0959. The van der Waals surface area contributed by atoms with Gasteiger partial charge in [0, 0.05) is 24.2 Å². The van der Waals surface area contributed by atoms with E-state index >= 15 is 0 Å². The number of esters is 3. The first-order valence-corrected chi connectivity index (χ1v) is 12.7. The van der Waals surface area contributed by atoms with Crippen LogP contribution in [0.5, 0.6) is 0 Å². The third-order valence-electron chi connectivity index (χ3n) is 10.7. The summed E-state index contributed by atoms with van der Waals surface area (Å²) in [6.07, 6.45) is 1.10. The number of ether oxygens (including phenoxy) is 3. The SMILES string of the molecule is C=C1C[C@H]2[C@]3(C)CCC(=O)C(C)(C)[C@H]3C[C@@H](OC(C)=O)[C@]2(C)[C@H]2C(=O)O[C@@](C)(C(=O)OC)C(=O)[C@]12C. The van der Waals surface area contributed by atoms with Gasteiger partial charge < -0.3 is 14.2 Å². The number of hydrogen-bond acceptors (Lipinski definition) is 8. The molecule has 0 aromatic heterocycles. The van der Waals surface area contributed by atoms with Crippen molar-refractivity contribution in [1.82, 2.24) is 0 Å². The number of allylic oxidation sites excluding steroid dienone is 1. The number of rotatable bonds is 2. The molecule has 0 amide bonds.